The van der Waals surface area contributed by atoms with Gasteiger partial charge in [-0.1, -0.05) is 53.8 Å². The number of aryl methyl sites for hydroxylation is 1. The molecule has 0 unspecified atom stereocenters. The second-order valence-electron chi connectivity index (χ2n) is 7.72. The largest absolute Gasteiger partial charge is 0.422 e. The second kappa shape index (κ2) is 8.77. The zero-order chi connectivity index (χ0) is 22.9. The predicted octanol–water partition coefficient (Wildman–Crippen LogP) is 5.05. The van der Waals surface area contributed by atoms with Crippen LogP contribution in [0.1, 0.15) is 22.8 Å². The van der Waals surface area contributed by atoms with Crippen LogP contribution < -0.4 is 10.4 Å². The van der Waals surface area contributed by atoms with Crippen molar-refractivity contribution in [3.63, 3.8) is 0 Å². The van der Waals surface area contributed by atoms with Crippen LogP contribution in [0.25, 0.3) is 32.0 Å². The van der Waals surface area contributed by atoms with Crippen molar-refractivity contribution in [1.82, 2.24) is 4.57 Å². The van der Waals surface area contributed by atoms with Gasteiger partial charge in [0.15, 0.2) is 4.80 Å². The number of benzene rings is 3. The molecule has 6 nitrogen and oxygen atoms in total. The minimum atomic E-state index is -0.690. The molecule has 2 heterocycles. The van der Waals surface area contributed by atoms with E-state index < -0.39 is 11.5 Å². The zero-order valence-electron chi connectivity index (χ0n) is 18.3. The number of fused-ring (bicyclic) bond motifs is 4. The molecule has 0 N–H and O–H groups in total. The Kier molecular flexibility index (Phi) is 5.66. The molecule has 0 aliphatic rings. The molecule has 0 bridgehead atoms. The summed E-state index contributed by atoms with van der Waals surface area (Å²) in [6, 6.07) is 19.0. The van der Waals surface area contributed by atoms with E-state index in [0.717, 1.165) is 26.6 Å². The van der Waals surface area contributed by atoms with E-state index in [-0.39, 0.29) is 5.56 Å². The molecule has 0 aliphatic carbocycles. The summed E-state index contributed by atoms with van der Waals surface area (Å²) in [5.74, 6) is -0.618. The molecule has 3 aromatic carbocycles. The maximum absolute atomic E-state index is 13.2. The smallest absolute Gasteiger partial charge is 0.349 e. The van der Waals surface area contributed by atoms with Gasteiger partial charge in [0.25, 0.3) is 5.91 Å². The molecule has 0 spiro atoms. The van der Waals surface area contributed by atoms with Gasteiger partial charge in [-0.25, -0.2) is 4.79 Å². The van der Waals surface area contributed by atoms with Gasteiger partial charge < -0.3 is 13.7 Å². The average Bonchev–Trinajstić information content (AvgIpc) is 3.16. The van der Waals surface area contributed by atoms with Crippen molar-refractivity contribution in [1.29, 1.82) is 0 Å². The lowest BCUT2D eigenvalue weighted by atomic mass is 10.0. The van der Waals surface area contributed by atoms with Gasteiger partial charge in [-0.3, -0.25) is 4.79 Å². The molecule has 0 fully saturated rings. The number of rotatable bonds is 5. The van der Waals surface area contributed by atoms with Crippen LogP contribution in [0.2, 0.25) is 0 Å². The van der Waals surface area contributed by atoms with Crippen LogP contribution in [0, 0.1) is 6.92 Å². The molecule has 0 radical (unpaired) electrons. The van der Waals surface area contributed by atoms with Gasteiger partial charge in [0.1, 0.15) is 11.1 Å². The van der Waals surface area contributed by atoms with E-state index in [4.69, 9.17) is 9.15 Å². The van der Waals surface area contributed by atoms with Gasteiger partial charge in [0, 0.05) is 18.5 Å². The quantitative estimate of drug-likeness (QED) is 0.210. The van der Waals surface area contributed by atoms with E-state index in [9.17, 15) is 9.59 Å². The fourth-order valence-electron chi connectivity index (χ4n) is 4.07. The third-order valence-corrected chi connectivity index (χ3v) is 6.68. The number of thiazole rings is 1. The number of para-hydroxylation sites is 1. The number of carbonyl (C=O) groups excluding carboxylic acids is 1. The fourth-order valence-corrected chi connectivity index (χ4v) is 5.20. The summed E-state index contributed by atoms with van der Waals surface area (Å²) >= 11 is 1.42. The van der Waals surface area contributed by atoms with Crippen LogP contribution >= 0.6 is 11.3 Å². The predicted molar refractivity (Wildman–Crippen MR) is 131 cm³/mol. The minimum absolute atomic E-state index is 0.0793. The Bertz CT molecular complexity index is 1640. The van der Waals surface area contributed by atoms with Gasteiger partial charge in [0.05, 0.1) is 16.8 Å². The van der Waals surface area contributed by atoms with Gasteiger partial charge in [-0.2, -0.15) is 4.99 Å². The average molecular weight is 459 g/mol. The first-order valence-corrected chi connectivity index (χ1v) is 11.6. The SMILES string of the molecule is CCOCCn1c(=NC(=O)c2cc3c(ccc4ccccc43)oc2=O)sc2cccc(C)c21. The highest BCUT2D eigenvalue weighted by molar-refractivity contribution is 7.16. The van der Waals surface area contributed by atoms with Crippen LogP contribution in [0.5, 0.6) is 0 Å². The van der Waals surface area contributed by atoms with Crippen molar-refractivity contribution in [3.8, 4) is 0 Å². The van der Waals surface area contributed by atoms with Crippen LogP contribution in [0.4, 0.5) is 0 Å². The van der Waals surface area contributed by atoms with E-state index >= 15 is 0 Å². The van der Waals surface area contributed by atoms with E-state index in [1.54, 1.807) is 12.1 Å². The van der Waals surface area contributed by atoms with Crippen molar-refractivity contribution in [2.24, 2.45) is 4.99 Å². The summed E-state index contributed by atoms with van der Waals surface area (Å²) in [6.45, 7) is 5.64. The van der Waals surface area contributed by atoms with Crippen LogP contribution in [0.3, 0.4) is 0 Å². The van der Waals surface area contributed by atoms with Crippen molar-refractivity contribution in [2.45, 2.75) is 20.4 Å². The summed E-state index contributed by atoms with van der Waals surface area (Å²) in [5, 5.41) is 2.63. The second-order valence-corrected chi connectivity index (χ2v) is 8.73. The van der Waals surface area contributed by atoms with Gasteiger partial charge in [0.2, 0.25) is 0 Å². The van der Waals surface area contributed by atoms with Gasteiger partial charge in [-0.15, -0.1) is 0 Å². The maximum atomic E-state index is 13.2. The van der Waals surface area contributed by atoms with E-state index in [1.165, 1.54) is 11.3 Å². The number of hydrogen-bond acceptors (Lipinski definition) is 5. The Morgan fingerprint density at radius 2 is 1.94 bits per heavy atom. The summed E-state index contributed by atoms with van der Waals surface area (Å²) in [6.07, 6.45) is 0. The highest BCUT2D eigenvalue weighted by Gasteiger charge is 2.16. The molecule has 2 aromatic heterocycles. The summed E-state index contributed by atoms with van der Waals surface area (Å²) in [7, 11) is 0. The van der Waals surface area contributed by atoms with Gasteiger partial charge >= 0.3 is 5.63 Å². The molecule has 1 amide bonds. The molecule has 7 heteroatoms. The van der Waals surface area contributed by atoms with Crippen LogP contribution in [-0.2, 0) is 11.3 Å². The van der Waals surface area contributed by atoms with Crippen LogP contribution in [-0.4, -0.2) is 23.7 Å². The Morgan fingerprint density at radius 1 is 1.09 bits per heavy atom. The molecule has 5 aromatic rings. The maximum Gasteiger partial charge on any atom is 0.349 e. The minimum Gasteiger partial charge on any atom is -0.422 e. The highest BCUT2D eigenvalue weighted by atomic mass is 32.1. The lowest BCUT2D eigenvalue weighted by Gasteiger charge is -2.07. The number of aromatic nitrogens is 1. The van der Waals surface area contributed by atoms with Crippen LogP contribution in [0.15, 0.2) is 74.9 Å². The number of amides is 1. The lowest BCUT2D eigenvalue weighted by Crippen LogP contribution is -2.21. The van der Waals surface area contributed by atoms with Gasteiger partial charge in [-0.05, 0) is 48.4 Å². The van der Waals surface area contributed by atoms with Crippen molar-refractivity contribution >= 4 is 49.2 Å². The Hall–Kier alpha value is -3.55. The summed E-state index contributed by atoms with van der Waals surface area (Å²) in [4.78, 5) is 30.7. The topological polar surface area (TPSA) is 73.8 Å². The normalized spacial score (nSPS) is 12.2. The molecule has 0 atom stereocenters. The summed E-state index contributed by atoms with van der Waals surface area (Å²) < 4.78 is 14.0. The summed E-state index contributed by atoms with van der Waals surface area (Å²) in [5.41, 5.74) is 1.78. The molecule has 0 saturated carbocycles. The van der Waals surface area contributed by atoms with E-state index in [1.807, 2.05) is 66.9 Å². The van der Waals surface area contributed by atoms with Crippen molar-refractivity contribution in [2.75, 3.05) is 13.2 Å². The molecular formula is C26H22N2O4S. The third kappa shape index (κ3) is 3.90. The van der Waals surface area contributed by atoms with Crippen molar-refractivity contribution in [3.05, 3.63) is 87.0 Å². The Balaban J connectivity index is 1.67. The molecule has 5 rings (SSSR count). The molecular weight excluding hydrogens is 436 g/mol. The fraction of sp³-hybridized carbons (Fsp3) is 0.192. The first-order chi connectivity index (χ1) is 16.1. The van der Waals surface area contributed by atoms with E-state index in [0.29, 0.717) is 35.5 Å². The highest BCUT2D eigenvalue weighted by Crippen LogP contribution is 2.25. The number of hydrogen-bond donors (Lipinski definition) is 0. The Labute approximate surface area is 193 Å². The third-order valence-electron chi connectivity index (χ3n) is 5.64. The molecule has 0 aliphatic heterocycles. The standard InChI is InChI=1S/C26H22N2O4S/c1-3-31-14-13-28-23-16(2)7-6-10-22(23)33-26(28)27-24(29)20-15-19-18-9-5-4-8-17(18)11-12-21(19)32-25(20)30/h4-12,15H,3,13-14H2,1-2H3. The monoisotopic (exact) mass is 458 g/mol. The number of nitrogens with zero attached hydrogens (tertiary/aromatic N) is 2. The number of carbonyl (C=O) groups is 1. The molecule has 0 saturated heterocycles. The molecule has 166 valence electrons. The first kappa shape index (κ1) is 21.3. The first-order valence-electron chi connectivity index (χ1n) is 10.8. The Morgan fingerprint density at radius 3 is 2.79 bits per heavy atom. The zero-order valence-corrected chi connectivity index (χ0v) is 19.1. The number of ether oxygens (including phenoxy) is 1. The lowest BCUT2D eigenvalue weighted by molar-refractivity contribution is 0.0993. The molecule has 33 heavy (non-hydrogen) atoms. The van der Waals surface area contributed by atoms with Crippen molar-refractivity contribution < 1.29 is 13.9 Å². The van der Waals surface area contributed by atoms with E-state index in [2.05, 4.69) is 4.99 Å².